The second-order valence-corrected chi connectivity index (χ2v) is 5.84. The SMILES string of the molecule is CCCCOc1ccc(-c2nonc2NC(=O)COc2ccccc2)cc1. The van der Waals surface area contributed by atoms with E-state index in [2.05, 4.69) is 22.6 Å². The number of rotatable bonds is 9. The molecule has 3 aromatic rings. The minimum absolute atomic E-state index is 0.138. The third-order valence-electron chi connectivity index (χ3n) is 3.75. The lowest BCUT2D eigenvalue weighted by molar-refractivity contribution is -0.118. The Kier molecular flexibility index (Phi) is 6.40. The lowest BCUT2D eigenvalue weighted by Gasteiger charge is -2.07. The third kappa shape index (κ3) is 5.31. The Hall–Kier alpha value is -3.35. The van der Waals surface area contributed by atoms with Crippen molar-refractivity contribution in [2.24, 2.45) is 0 Å². The van der Waals surface area contributed by atoms with Crippen LogP contribution >= 0.6 is 0 Å². The fourth-order valence-electron chi connectivity index (χ4n) is 2.34. The molecule has 0 aliphatic rings. The van der Waals surface area contributed by atoms with Crippen molar-refractivity contribution in [3.63, 3.8) is 0 Å². The molecule has 0 atom stereocenters. The molecule has 1 aromatic heterocycles. The molecule has 0 saturated heterocycles. The Morgan fingerprint density at radius 2 is 1.74 bits per heavy atom. The van der Waals surface area contributed by atoms with Crippen molar-refractivity contribution < 1.29 is 18.9 Å². The van der Waals surface area contributed by atoms with Gasteiger partial charge in [0.05, 0.1) is 6.61 Å². The van der Waals surface area contributed by atoms with Crippen molar-refractivity contribution in [1.29, 1.82) is 0 Å². The molecule has 1 amide bonds. The van der Waals surface area contributed by atoms with Crippen molar-refractivity contribution in [2.45, 2.75) is 19.8 Å². The number of para-hydroxylation sites is 1. The molecule has 7 nitrogen and oxygen atoms in total. The summed E-state index contributed by atoms with van der Waals surface area (Å²) in [4.78, 5) is 12.1. The molecule has 0 spiro atoms. The lowest BCUT2D eigenvalue weighted by atomic mass is 10.1. The molecule has 0 saturated carbocycles. The Morgan fingerprint density at radius 1 is 1.00 bits per heavy atom. The number of nitrogens with one attached hydrogen (secondary N) is 1. The van der Waals surface area contributed by atoms with Gasteiger partial charge in [0, 0.05) is 5.56 Å². The van der Waals surface area contributed by atoms with E-state index in [9.17, 15) is 4.79 Å². The van der Waals surface area contributed by atoms with E-state index in [0.29, 0.717) is 18.1 Å². The first-order chi connectivity index (χ1) is 13.3. The summed E-state index contributed by atoms with van der Waals surface area (Å²) >= 11 is 0. The second kappa shape index (κ2) is 9.38. The van der Waals surface area contributed by atoms with Crippen LogP contribution in [0.5, 0.6) is 11.5 Å². The van der Waals surface area contributed by atoms with Crippen molar-refractivity contribution >= 4 is 11.7 Å². The molecule has 0 aliphatic carbocycles. The molecular weight excluding hydrogens is 346 g/mol. The van der Waals surface area contributed by atoms with Crippen LogP contribution in [0, 0.1) is 0 Å². The highest BCUT2D eigenvalue weighted by Crippen LogP contribution is 2.26. The molecule has 0 fully saturated rings. The van der Waals surface area contributed by atoms with Crippen LogP contribution in [0.4, 0.5) is 5.82 Å². The van der Waals surface area contributed by atoms with Gasteiger partial charge in [0.25, 0.3) is 5.91 Å². The van der Waals surface area contributed by atoms with Crippen molar-refractivity contribution in [2.75, 3.05) is 18.5 Å². The van der Waals surface area contributed by atoms with Crippen LogP contribution in [0.1, 0.15) is 19.8 Å². The summed E-state index contributed by atoms with van der Waals surface area (Å²) < 4.78 is 15.8. The van der Waals surface area contributed by atoms with E-state index < -0.39 is 0 Å². The number of ether oxygens (including phenoxy) is 2. The number of hydrogen-bond acceptors (Lipinski definition) is 6. The van der Waals surface area contributed by atoms with Crippen molar-refractivity contribution in [3.8, 4) is 22.8 Å². The topological polar surface area (TPSA) is 86.5 Å². The molecule has 0 bridgehead atoms. The monoisotopic (exact) mass is 367 g/mol. The minimum atomic E-state index is -0.352. The molecule has 2 aromatic carbocycles. The average molecular weight is 367 g/mol. The molecule has 3 rings (SSSR count). The van der Waals surface area contributed by atoms with E-state index in [1.807, 2.05) is 42.5 Å². The van der Waals surface area contributed by atoms with Crippen molar-refractivity contribution in [1.82, 2.24) is 10.3 Å². The maximum absolute atomic E-state index is 12.1. The van der Waals surface area contributed by atoms with Crippen molar-refractivity contribution in [3.05, 3.63) is 54.6 Å². The Balaban J connectivity index is 1.59. The van der Waals surface area contributed by atoms with E-state index in [1.54, 1.807) is 12.1 Å². The van der Waals surface area contributed by atoms with Gasteiger partial charge in [0.15, 0.2) is 12.3 Å². The number of unbranched alkanes of at least 4 members (excludes halogenated alkanes) is 1. The first-order valence-corrected chi connectivity index (χ1v) is 8.79. The number of benzene rings is 2. The summed E-state index contributed by atoms with van der Waals surface area (Å²) in [6.07, 6.45) is 2.09. The number of anilines is 1. The van der Waals surface area contributed by atoms with Crippen LogP contribution in [0.2, 0.25) is 0 Å². The van der Waals surface area contributed by atoms with Gasteiger partial charge in [-0.05, 0) is 53.1 Å². The van der Waals surface area contributed by atoms with Crippen LogP contribution in [0.3, 0.4) is 0 Å². The summed E-state index contributed by atoms with van der Waals surface area (Å²) in [7, 11) is 0. The molecular formula is C20H21N3O4. The normalized spacial score (nSPS) is 10.4. The molecule has 140 valence electrons. The number of nitrogens with zero attached hydrogens (tertiary/aromatic N) is 2. The molecule has 1 heterocycles. The summed E-state index contributed by atoms with van der Waals surface area (Å²) in [5.41, 5.74) is 1.21. The fraction of sp³-hybridized carbons (Fsp3) is 0.250. The van der Waals surface area contributed by atoms with E-state index in [4.69, 9.17) is 14.1 Å². The van der Waals surface area contributed by atoms with Gasteiger partial charge in [-0.1, -0.05) is 31.5 Å². The molecule has 0 radical (unpaired) electrons. The van der Waals surface area contributed by atoms with Crippen LogP contribution in [-0.4, -0.2) is 29.4 Å². The zero-order valence-electron chi connectivity index (χ0n) is 15.1. The zero-order chi connectivity index (χ0) is 18.9. The van der Waals surface area contributed by atoms with Gasteiger partial charge in [-0.2, -0.15) is 0 Å². The van der Waals surface area contributed by atoms with Crippen LogP contribution < -0.4 is 14.8 Å². The van der Waals surface area contributed by atoms with Gasteiger partial charge in [-0.25, -0.2) is 4.63 Å². The van der Waals surface area contributed by atoms with Crippen LogP contribution in [0.15, 0.2) is 59.2 Å². The average Bonchev–Trinajstić information content (AvgIpc) is 3.16. The number of hydrogen-bond donors (Lipinski definition) is 1. The zero-order valence-corrected chi connectivity index (χ0v) is 15.1. The summed E-state index contributed by atoms with van der Waals surface area (Å²) in [5.74, 6) is 1.29. The Morgan fingerprint density at radius 3 is 2.48 bits per heavy atom. The number of carbonyl (C=O) groups excluding carboxylic acids is 1. The van der Waals surface area contributed by atoms with Gasteiger partial charge < -0.3 is 14.8 Å². The maximum Gasteiger partial charge on any atom is 0.263 e. The van der Waals surface area contributed by atoms with E-state index in [1.165, 1.54) is 0 Å². The first kappa shape index (κ1) is 18.4. The molecule has 1 N–H and O–H groups in total. The summed E-state index contributed by atoms with van der Waals surface area (Å²) in [6.45, 7) is 2.66. The Bertz CT molecular complexity index is 847. The lowest BCUT2D eigenvalue weighted by Crippen LogP contribution is -2.20. The van der Waals surface area contributed by atoms with Gasteiger partial charge in [0.2, 0.25) is 5.82 Å². The number of carbonyl (C=O) groups is 1. The van der Waals surface area contributed by atoms with Crippen LogP contribution in [0.25, 0.3) is 11.3 Å². The second-order valence-electron chi connectivity index (χ2n) is 5.84. The first-order valence-electron chi connectivity index (χ1n) is 8.79. The molecule has 7 heteroatoms. The molecule has 27 heavy (non-hydrogen) atoms. The van der Waals surface area contributed by atoms with E-state index in [0.717, 1.165) is 24.2 Å². The highest BCUT2D eigenvalue weighted by molar-refractivity contribution is 5.94. The summed E-state index contributed by atoms with van der Waals surface area (Å²) in [6, 6.07) is 16.5. The minimum Gasteiger partial charge on any atom is -0.494 e. The molecule has 0 unspecified atom stereocenters. The number of amides is 1. The smallest absolute Gasteiger partial charge is 0.263 e. The molecule has 0 aliphatic heterocycles. The highest BCUT2D eigenvalue weighted by atomic mass is 16.6. The summed E-state index contributed by atoms with van der Waals surface area (Å²) in [5, 5.41) is 10.3. The standard InChI is InChI=1S/C20H21N3O4/c1-2-3-13-25-17-11-9-15(10-12-17)19-20(23-27-22-19)21-18(24)14-26-16-7-5-4-6-8-16/h4-12H,2-3,13-14H2,1H3,(H,21,23,24). The predicted molar refractivity (Wildman–Crippen MR) is 101 cm³/mol. The van der Waals surface area contributed by atoms with Crippen LogP contribution in [-0.2, 0) is 4.79 Å². The quantitative estimate of drug-likeness (QED) is 0.577. The third-order valence-corrected chi connectivity index (χ3v) is 3.75. The van der Waals surface area contributed by atoms with Gasteiger partial charge in [0.1, 0.15) is 11.5 Å². The van der Waals surface area contributed by atoms with E-state index >= 15 is 0 Å². The van der Waals surface area contributed by atoms with E-state index in [-0.39, 0.29) is 18.3 Å². The van der Waals surface area contributed by atoms with Gasteiger partial charge in [-0.15, -0.1) is 0 Å². The van der Waals surface area contributed by atoms with Gasteiger partial charge >= 0.3 is 0 Å². The number of aromatic nitrogens is 2. The highest BCUT2D eigenvalue weighted by Gasteiger charge is 2.15. The fourth-order valence-corrected chi connectivity index (χ4v) is 2.34. The predicted octanol–water partition coefficient (Wildman–Crippen LogP) is 3.93. The Labute approximate surface area is 157 Å². The largest absolute Gasteiger partial charge is 0.494 e. The maximum atomic E-state index is 12.1. The van der Waals surface area contributed by atoms with Gasteiger partial charge in [-0.3, -0.25) is 4.79 Å².